The van der Waals surface area contributed by atoms with Crippen molar-refractivity contribution in [3.8, 4) is 0 Å². The molecule has 2 aliphatic rings. The van der Waals surface area contributed by atoms with Crippen molar-refractivity contribution in [1.29, 1.82) is 0 Å². The Morgan fingerprint density at radius 1 is 0.238 bits per heavy atom. The Morgan fingerprint density at radius 2 is 0.390 bits per heavy atom. The molecule has 5 heterocycles. The number of rotatable bonds is 56. The van der Waals surface area contributed by atoms with Crippen LogP contribution in [0.15, 0.2) is 24.3 Å². The average molecular weight is 1510 g/mol. The minimum Gasteiger partial charge on any atom is -0.657 e. The molecule has 0 saturated heterocycles. The van der Waals surface area contributed by atoms with Crippen LogP contribution in [0.5, 0.6) is 0 Å². The van der Waals surface area contributed by atoms with E-state index in [1.54, 1.807) is 24.3 Å². The van der Waals surface area contributed by atoms with E-state index in [1.807, 2.05) is 0 Å². The number of hydrogen-bond acceptors (Lipinski definition) is 18. The molecule has 0 radical (unpaired) electrons. The van der Waals surface area contributed by atoms with E-state index >= 15 is 0 Å². The van der Waals surface area contributed by atoms with Crippen molar-refractivity contribution in [3.63, 3.8) is 0 Å². The summed E-state index contributed by atoms with van der Waals surface area (Å²) in [6, 6.07) is 6.47. The Morgan fingerprint density at radius 3 is 0.543 bits per heavy atom. The van der Waals surface area contributed by atoms with Gasteiger partial charge in [-0.2, -0.15) is 0 Å². The van der Waals surface area contributed by atoms with Crippen LogP contribution in [0.3, 0.4) is 0 Å². The molecule has 3 aromatic heterocycles. The Labute approximate surface area is 638 Å². The summed E-state index contributed by atoms with van der Waals surface area (Å²) >= 11 is 0. The first-order chi connectivity index (χ1) is 50.6. The molecule has 0 unspecified atom stereocenters. The minimum atomic E-state index is -0.601. The summed E-state index contributed by atoms with van der Waals surface area (Å²) in [6.07, 6.45) is 24.1. The number of carbonyl (C=O) groups is 8. The fraction of sp³-hybridized carbons (Fsp3) is 0.667. The van der Waals surface area contributed by atoms with Crippen molar-refractivity contribution >= 4 is 92.1 Å². The fourth-order valence-corrected chi connectivity index (χ4v) is 12.6. The van der Waals surface area contributed by atoms with Crippen molar-refractivity contribution in [1.82, 2.24) is 19.9 Å². The summed E-state index contributed by atoms with van der Waals surface area (Å²) in [5.74, 6) is -4.81. The molecule has 0 aromatic carbocycles. The van der Waals surface area contributed by atoms with Gasteiger partial charge in [-0.15, -0.1) is 22.1 Å². The standard InChI is InChI=1S/C84H124N4O16.Zn/c1-9-17-25-33-41-97-77(89)49-61-62(50-78(90)98-42-34-26-18-10-2)70-58-72-65(53-81(93)101-45-37-29-21-13-5)66(54-82(94)102-46-38-30-22-14-6)74(87-72)60-76-68(56-84(96)104-48-40-32-24-16-8)67(55-83(95)103-47-39-31-23-15-7)75(88-76)59-73-64(52-80(92)100-44-36-28-20-12-4)63(71(86-73)57-69(61)85-70)51-79(91)99-43-35-27-19-11-3;/h57-60H,9-56H2,1-8H3;/q-2;+2. The number of nitrogens with zero attached hydrogens (tertiary/aromatic N) is 4. The van der Waals surface area contributed by atoms with Crippen molar-refractivity contribution < 1.29 is 95.7 Å². The Balaban J connectivity index is 0.0000233. The second-order valence-electron chi connectivity index (χ2n) is 27.6. The molecule has 5 rings (SSSR count). The summed E-state index contributed by atoms with van der Waals surface area (Å²) in [4.78, 5) is 137. The molecule has 105 heavy (non-hydrogen) atoms. The maximum atomic E-state index is 14.5. The first-order valence-electron chi connectivity index (χ1n) is 40.0. The molecule has 2 aliphatic heterocycles. The van der Waals surface area contributed by atoms with Gasteiger partial charge in [0.25, 0.3) is 0 Å². The quantitative estimate of drug-likeness (QED) is 0.0220. The second kappa shape index (κ2) is 53.7. The van der Waals surface area contributed by atoms with Crippen LogP contribution in [-0.4, -0.2) is 111 Å². The molecular formula is C84H124N4O16Zn. The van der Waals surface area contributed by atoms with Crippen LogP contribution in [0.4, 0.5) is 0 Å². The third-order valence-corrected chi connectivity index (χ3v) is 18.6. The van der Waals surface area contributed by atoms with Crippen LogP contribution >= 0.6 is 0 Å². The van der Waals surface area contributed by atoms with Gasteiger partial charge in [-0.3, -0.25) is 38.4 Å². The van der Waals surface area contributed by atoms with Crippen molar-refractivity contribution in [3.05, 3.63) is 69.3 Å². The van der Waals surface area contributed by atoms with Crippen LogP contribution in [-0.2, 0) is 121 Å². The SMILES string of the molecule is CCCCCCOC(=O)CC1=C(CC(=O)OCCCCCC)c2cc3[n-]c(cc4nc(cc5[n-]c(cc1n2)c(CC(=O)OCCCCCC)c5CC(=O)OCCCCCC)C(CC(=O)OCCCCCC)=C4CC(=O)OCCCCCC)c(CC(=O)OCCCCCC)c3CC(=O)OCCCCCC.[Zn+2]. The monoisotopic (exact) mass is 1510 g/mol. The first kappa shape index (κ1) is 90.4. The third kappa shape index (κ3) is 33.8. The largest absolute Gasteiger partial charge is 2.00 e. The average Bonchev–Trinajstić information content (AvgIpc) is 1.61. The molecular weight excluding hydrogens is 1390 g/mol. The fourth-order valence-electron chi connectivity index (χ4n) is 12.6. The maximum absolute atomic E-state index is 14.5. The summed E-state index contributed by atoms with van der Waals surface area (Å²) in [5.41, 5.74) is 3.52. The molecule has 21 heteroatoms. The molecule has 0 spiro atoms. The van der Waals surface area contributed by atoms with Gasteiger partial charge in [0.2, 0.25) is 0 Å². The minimum absolute atomic E-state index is 0. The van der Waals surface area contributed by atoms with Crippen LogP contribution in [0, 0.1) is 0 Å². The zero-order valence-electron chi connectivity index (χ0n) is 65.3. The van der Waals surface area contributed by atoms with Crippen molar-refractivity contribution in [2.75, 3.05) is 52.9 Å². The van der Waals surface area contributed by atoms with Gasteiger partial charge in [0.05, 0.1) is 127 Å². The zero-order chi connectivity index (χ0) is 75.1. The predicted octanol–water partition coefficient (Wildman–Crippen LogP) is 18.1. The molecule has 3 aromatic rings. The summed E-state index contributed by atoms with van der Waals surface area (Å²) in [7, 11) is 0. The number of aromatic nitrogens is 4. The zero-order valence-corrected chi connectivity index (χ0v) is 68.2. The number of fused-ring (bicyclic) bond motifs is 8. The molecule has 0 aliphatic carbocycles. The van der Waals surface area contributed by atoms with Crippen molar-refractivity contribution in [2.24, 2.45) is 0 Å². The molecule has 0 atom stereocenters. The van der Waals surface area contributed by atoms with Crippen LogP contribution in [0.1, 0.15) is 332 Å². The van der Waals surface area contributed by atoms with E-state index in [9.17, 15) is 38.4 Å². The number of carbonyl (C=O) groups excluding carboxylic acids is 8. The Hall–Kier alpha value is -7.02. The normalized spacial score (nSPS) is 11.9. The molecule has 20 nitrogen and oxygen atoms in total. The van der Waals surface area contributed by atoms with Gasteiger partial charge in [0.1, 0.15) is 0 Å². The summed E-state index contributed by atoms with van der Waals surface area (Å²) in [6.45, 7) is 17.9. The van der Waals surface area contributed by atoms with Crippen molar-refractivity contribution in [2.45, 2.75) is 312 Å². The second-order valence-corrected chi connectivity index (χ2v) is 27.6. The number of esters is 8. The van der Waals surface area contributed by atoms with Crippen LogP contribution in [0.25, 0.3) is 44.4 Å². The Kier molecular flexibility index (Phi) is 46.2. The molecule has 8 bridgehead atoms. The number of unbranched alkanes of at least 4 members (excludes halogenated alkanes) is 24. The van der Waals surface area contributed by atoms with E-state index in [0.29, 0.717) is 51.4 Å². The smallest absolute Gasteiger partial charge is 0.657 e. The molecule has 0 amide bonds. The van der Waals surface area contributed by atoms with Gasteiger partial charge in [-0.25, -0.2) is 9.97 Å². The maximum Gasteiger partial charge on any atom is 2.00 e. The van der Waals surface area contributed by atoms with Crippen LogP contribution < -0.4 is 9.97 Å². The Bertz CT molecular complexity index is 2990. The van der Waals surface area contributed by atoms with Gasteiger partial charge in [-0.05, 0) is 95.9 Å². The molecule has 0 saturated carbocycles. The molecule has 0 fully saturated rings. The van der Waals surface area contributed by atoms with E-state index in [-0.39, 0.29) is 213 Å². The van der Waals surface area contributed by atoms with Gasteiger partial charge in [-0.1, -0.05) is 234 Å². The van der Waals surface area contributed by atoms with Gasteiger partial charge in [0, 0.05) is 0 Å². The third-order valence-electron chi connectivity index (χ3n) is 18.6. The van der Waals surface area contributed by atoms with E-state index in [0.717, 1.165) is 154 Å². The summed E-state index contributed by atoms with van der Waals surface area (Å²) < 4.78 is 47.6. The van der Waals surface area contributed by atoms with Crippen LogP contribution in [0.2, 0.25) is 0 Å². The van der Waals surface area contributed by atoms with E-state index in [1.165, 1.54) is 0 Å². The molecule has 578 valence electrons. The van der Waals surface area contributed by atoms with Gasteiger partial charge < -0.3 is 47.9 Å². The van der Waals surface area contributed by atoms with Gasteiger partial charge in [0.15, 0.2) is 0 Å². The molecule has 0 N–H and O–H groups in total. The van der Waals surface area contributed by atoms with E-state index < -0.39 is 47.8 Å². The topological polar surface area (TPSA) is 264 Å². The number of ether oxygens (including phenoxy) is 8. The van der Waals surface area contributed by atoms with E-state index in [4.69, 9.17) is 57.8 Å². The first-order valence-corrected chi connectivity index (χ1v) is 40.0. The predicted molar refractivity (Wildman–Crippen MR) is 407 cm³/mol. The summed E-state index contributed by atoms with van der Waals surface area (Å²) in [5, 5.41) is 0. The van der Waals surface area contributed by atoms with E-state index in [2.05, 4.69) is 55.4 Å². The number of hydrogen-bond donors (Lipinski definition) is 0. The van der Waals surface area contributed by atoms with Gasteiger partial charge >= 0.3 is 67.2 Å².